The van der Waals surface area contributed by atoms with Gasteiger partial charge in [0.05, 0.1) is 24.4 Å². The number of amides is 1. The number of methoxy groups -OCH3 is 1. The van der Waals surface area contributed by atoms with Gasteiger partial charge in [-0.25, -0.2) is 0 Å². The van der Waals surface area contributed by atoms with Crippen molar-refractivity contribution in [2.24, 2.45) is 0 Å². The molecule has 0 bridgehead atoms. The third kappa shape index (κ3) is 1.96. The van der Waals surface area contributed by atoms with Gasteiger partial charge in [0, 0.05) is 7.11 Å². The number of nitrogens with zero attached hydrogens (tertiary/aromatic N) is 1. The SMILES string of the molecule is COC(C)(C)CN1CNC2(CCCC2)C1=O. The first-order valence-corrected chi connectivity index (χ1v) is 6.09. The highest BCUT2D eigenvalue weighted by Crippen LogP contribution is 2.34. The molecule has 1 spiro atoms. The quantitative estimate of drug-likeness (QED) is 0.784. The van der Waals surface area contributed by atoms with Crippen LogP contribution in [0.15, 0.2) is 0 Å². The van der Waals surface area contributed by atoms with Gasteiger partial charge < -0.3 is 9.64 Å². The smallest absolute Gasteiger partial charge is 0.244 e. The molecular formula is C12H22N2O2. The standard InChI is InChI=1S/C12H22N2O2/c1-11(2,16-3)8-14-9-13-12(10(14)15)6-4-5-7-12/h13H,4-9H2,1-3H3. The predicted molar refractivity (Wildman–Crippen MR) is 62.0 cm³/mol. The Balaban J connectivity index is 2.02. The van der Waals surface area contributed by atoms with E-state index in [-0.39, 0.29) is 17.0 Å². The number of nitrogens with one attached hydrogen (secondary N) is 1. The lowest BCUT2D eigenvalue weighted by atomic mass is 9.97. The van der Waals surface area contributed by atoms with Crippen LogP contribution < -0.4 is 5.32 Å². The first-order valence-electron chi connectivity index (χ1n) is 6.09. The second-order valence-corrected chi connectivity index (χ2v) is 5.59. The molecule has 2 fully saturated rings. The first kappa shape index (κ1) is 11.9. The van der Waals surface area contributed by atoms with E-state index in [1.165, 1.54) is 12.8 Å². The van der Waals surface area contributed by atoms with Gasteiger partial charge in [-0.1, -0.05) is 12.8 Å². The van der Waals surface area contributed by atoms with E-state index in [1.54, 1.807) is 7.11 Å². The van der Waals surface area contributed by atoms with Crippen molar-refractivity contribution < 1.29 is 9.53 Å². The molecule has 1 N–H and O–H groups in total. The Kier molecular flexibility index (Phi) is 2.97. The Morgan fingerprint density at radius 2 is 2.06 bits per heavy atom. The monoisotopic (exact) mass is 226 g/mol. The van der Waals surface area contributed by atoms with Crippen molar-refractivity contribution in [1.29, 1.82) is 0 Å². The number of ether oxygens (including phenoxy) is 1. The molecule has 92 valence electrons. The second kappa shape index (κ2) is 4.00. The fourth-order valence-electron chi connectivity index (χ4n) is 2.72. The van der Waals surface area contributed by atoms with Crippen LogP contribution in [0, 0.1) is 0 Å². The van der Waals surface area contributed by atoms with Crippen molar-refractivity contribution in [2.45, 2.75) is 50.7 Å². The van der Waals surface area contributed by atoms with Crippen LogP contribution in [0.1, 0.15) is 39.5 Å². The van der Waals surface area contributed by atoms with Gasteiger partial charge in [0.25, 0.3) is 0 Å². The predicted octanol–water partition coefficient (Wildman–Crippen LogP) is 1.11. The topological polar surface area (TPSA) is 41.6 Å². The highest BCUT2D eigenvalue weighted by atomic mass is 16.5. The van der Waals surface area contributed by atoms with E-state index in [9.17, 15) is 4.79 Å². The minimum atomic E-state index is -0.262. The van der Waals surface area contributed by atoms with E-state index in [2.05, 4.69) is 5.32 Å². The summed E-state index contributed by atoms with van der Waals surface area (Å²) in [4.78, 5) is 14.2. The molecule has 1 heterocycles. The molecule has 1 saturated carbocycles. The summed E-state index contributed by atoms with van der Waals surface area (Å²) in [5, 5.41) is 3.40. The summed E-state index contributed by atoms with van der Waals surface area (Å²) < 4.78 is 5.38. The molecule has 0 radical (unpaired) electrons. The van der Waals surface area contributed by atoms with Crippen LogP contribution in [0.2, 0.25) is 0 Å². The molecule has 0 aromatic carbocycles. The summed E-state index contributed by atoms with van der Waals surface area (Å²) in [5.74, 6) is 0.273. The lowest BCUT2D eigenvalue weighted by Gasteiger charge is -2.29. The molecule has 4 nitrogen and oxygen atoms in total. The van der Waals surface area contributed by atoms with Crippen molar-refractivity contribution >= 4 is 5.91 Å². The highest BCUT2D eigenvalue weighted by molar-refractivity contribution is 5.88. The van der Waals surface area contributed by atoms with E-state index in [0.29, 0.717) is 13.2 Å². The van der Waals surface area contributed by atoms with Crippen molar-refractivity contribution in [3.63, 3.8) is 0 Å². The summed E-state index contributed by atoms with van der Waals surface area (Å²) in [5.41, 5.74) is -0.495. The number of carbonyl (C=O) groups excluding carboxylic acids is 1. The number of rotatable bonds is 3. The molecule has 0 atom stereocenters. The van der Waals surface area contributed by atoms with Gasteiger partial charge in [-0.15, -0.1) is 0 Å². The summed E-state index contributed by atoms with van der Waals surface area (Å²) >= 11 is 0. The van der Waals surface area contributed by atoms with Crippen LogP contribution in [0.4, 0.5) is 0 Å². The fourth-order valence-corrected chi connectivity index (χ4v) is 2.72. The molecule has 2 rings (SSSR count). The van der Waals surface area contributed by atoms with Gasteiger partial charge in [0.1, 0.15) is 0 Å². The maximum atomic E-state index is 12.3. The maximum absolute atomic E-state index is 12.3. The normalized spacial score (nSPS) is 24.7. The van der Waals surface area contributed by atoms with Crippen LogP contribution in [-0.2, 0) is 9.53 Å². The fraction of sp³-hybridized carbons (Fsp3) is 0.917. The summed E-state index contributed by atoms with van der Waals surface area (Å²) in [6.45, 7) is 5.36. The van der Waals surface area contributed by atoms with Crippen molar-refractivity contribution in [3.05, 3.63) is 0 Å². The zero-order chi connectivity index (χ0) is 11.8. The Morgan fingerprint density at radius 3 is 2.62 bits per heavy atom. The maximum Gasteiger partial charge on any atom is 0.244 e. The van der Waals surface area contributed by atoms with Crippen LogP contribution in [0.3, 0.4) is 0 Å². The Labute approximate surface area is 97.3 Å². The molecule has 0 unspecified atom stereocenters. The van der Waals surface area contributed by atoms with Gasteiger partial charge in [-0.05, 0) is 26.7 Å². The average Bonchev–Trinajstić information content (AvgIpc) is 2.82. The number of hydrogen-bond acceptors (Lipinski definition) is 3. The van der Waals surface area contributed by atoms with Crippen molar-refractivity contribution in [1.82, 2.24) is 10.2 Å². The lowest BCUT2D eigenvalue weighted by molar-refractivity contribution is -0.135. The molecular weight excluding hydrogens is 204 g/mol. The van der Waals surface area contributed by atoms with E-state index in [1.807, 2.05) is 18.7 Å². The van der Waals surface area contributed by atoms with Gasteiger partial charge in [0.15, 0.2) is 0 Å². The molecule has 0 aromatic rings. The molecule has 2 aliphatic rings. The summed E-state index contributed by atoms with van der Waals surface area (Å²) in [6, 6.07) is 0. The van der Waals surface area contributed by atoms with Crippen LogP contribution in [0.25, 0.3) is 0 Å². The Morgan fingerprint density at radius 1 is 1.44 bits per heavy atom. The number of hydrogen-bond donors (Lipinski definition) is 1. The molecule has 16 heavy (non-hydrogen) atoms. The van der Waals surface area contributed by atoms with Crippen LogP contribution >= 0.6 is 0 Å². The number of carbonyl (C=O) groups is 1. The van der Waals surface area contributed by atoms with Gasteiger partial charge in [0.2, 0.25) is 5.91 Å². The van der Waals surface area contributed by atoms with E-state index >= 15 is 0 Å². The first-order chi connectivity index (χ1) is 7.49. The second-order valence-electron chi connectivity index (χ2n) is 5.59. The van der Waals surface area contributed by atoms with Crippen molar-refractivity contribution in [3.8, 4) is 0 Å². The van der Waals surface area contributed by atoms with E-state index in [4.69, 9.17) is 4.74 Å². The molecule has 0 aromatic heterocycles. The van der Waals surface area contributed by atoms with Gasteiger partial charge >= 0.3 is 0 Å². The minimum absolute atomic E-state index is 0.232. The zero-order valence-corrected chi connectivity index (χ0v) is 10.5. The summed E-state index contributed by atoms with van der Waals surface area (Å²) in [7, 11) is 1.69. The third-order valence-electron chi connectivity index (χ3n) is 3.89. The van der Waals surface area contributed by atoms with Crippen LogP contribution in [-0.4, -0.2) is 42.3 Å². The summed E-state index contributed by atoms with van der Waals surface area (Å²) in [6.07, 6.45) is 4.33. The van der Waals surface area contributed by atoms with Gasteiger partial charge in [-0.2, -0.15) is 0 Å². The molecule has 1 aliphatic heterocycles. The highest BCUT2D eigenvalue weighted by Gasteiger charge is 2.48. The van der Waals surface area contributed by atoms with E-state index < -0.39 is 0 Å². The van der Waals surface area contributed by atoms with Crippen molar-refractivity contribution in [2.75, 3.05) is 20.3 Å². The van der Waals surface area contributed by atoms with Crippen LogP contribution in [0.5, 0.6) is 0 Å². The molecule has 1 aliphatic carbocycles. The molecule has 4 heteroatoms. The average molecular weight is 226 g/mol. The van der Waals surface area contributed by atoms with Gasteiger partial charge in [-0.3, -0.25) is 10.1 Å². The Hall–Kier alpha value is -0.610. The molecule has 1 saturated heterocycles. The minimum Gasteiger partial charge on any atom is -0.377 e. The largest absolute Gasteiger partial charge is 0.377 e. The Bertz CT molecular complexity index is 283. The lowest BCUT2D eigenvalue weighted by Crippen LogP contribution is -2.46. The third-order valence-corrected chi connectivity index (χ3v) is 3.89. The molecule has 1 amide bonds. The zero-order valence-electron chi connectivity index (χ0n) is 10.5. The van der Waals surface area contributed by atoms with E-state index in [0.717, 1.165) is 12.8 Å².